The Labute approximate surface area is 123 Å². The molecule has 0 bridgehead atoms. The third kappa shape index (κ3) is 2.07. The SMILES string of the molecule is COc1cccc(OC)c1C1(N)CCc2cc(F)ccc21. The van der Waals surface area contributed by atoms with Crippen molar-refractivity contribution in [2.75, 3.05) is 14.2 Å². The lowest BCUT2D eigenvalue weighted by Crippen LogP contribution is -2.36. The average Bonchev–Trinajstić information content (AvgIpc) is 2.83. The molecule has 1 aliphatic rings. The number of hydrogen-bond acceptors (Lipinski definition) is 3. The van der Waals surface area contributed by atoms with Gasteiger partial charge in [0.2, 0.25) is 0 Å². The van der Waals surface area contributed by atoms with Crippen LogP contribution in [0.15, 0.2) is 36.4 Å². The molecule has 0 amide bonds. The van der Waals surface area contributed by atoms with Crippen LogP contribution >= 0.6 is 0 Å². The van der Waals surface area contributed by atoms with E-state index in [-0.39, 0.29) is 5.82 Å². The average molecular weight is 287 g/mol. The highest BCUT2D eigenvalue weighted by atomic mass is 19.1. The second kappa shape index (κ2) is 5.04. The van der Waals surface area contributed by atoms with Gasteiger partial charge in [-0.1, -0.05) is 12.1 Å². The van der Waals surface area contributed by atoms with Crippen LogP contribution in [-0.2, 0) is 12.0 Å². The molecule has 0 saturated carbocycles. The summed E-state index contributed by atoms with van der Waals surface area (Å²) >= 11 is 0. The normalized spacial score (nSPS) is 20.2. The summed E-state index contributed by atoms with van der Waals surface area (Å²) in [5.74, 6) is 1.15. The lowest BCUT2D eigenvalue weighted by molar-refractivity contribution is 0.363. The first-order valence-electron chi connectivity index (χ1n) is 6.89. The molecule has 2 aromatic rings. The number of fused-ring (bicyclic) bond motifs is 1. The van der Waals surface area contributed by atoms with Gasteiger partial charge >= 0.3 is 0 Å². The maximum atomic E-state index is 13.4. The van der Waals surface area contributed by atoms with Gasteiger partial charge in [0.25, 0.3) is 0 Å². The molecule has 0 saturated heterocycles. The van der Waals surface area contributed by atoms with Crippen LogP contribution in [0, 0.1) is 5.82 Å². The van der Waals surface area contributed by atoms with Crippen molar-refractivity contribution in [3.8, 4) is 11.5 Å². The molecule has 110 valence electrons. The molecule has 0 heterocycles. The monoisotopic (exact) mass is 287 g/mol. The molecule has 1 aliphatic carbocycles. The highest BCUT2D eigenvalue weighted by Crippen LogP contribution is 2.47. The van der Waals surface area contributed by atoms with Crippen molar-refractivity contribution in [1.82, 2.24) is 0 Å². The number of hydrogen-bond donors (Lipinski definition) is 1. The molecule has 0 fully saturated rings. The van der Waals surface area contributed by atoms with Gasteiger partial charge < -0.3 is 15.2 Å². The Hall–Kier alpha value is -2.07. The van der Waals surface area contributed by atoms with Crippen LogP contribution in [0.2, 0.25) is 0 Å². The zero-order chi connectivity index (χ0) is 15.0. The Morgan fingerprint density at radius 3 is 2.38 bits per heavy atom. The van der Waals surface area contributed by atoms with Gasteiger partial charge in [-0.05, 0) is 48.2 Å². The second-order valence-electron chi connectivity index (χ2n) is 5.31. The number of rotatable bonds is 3. The summed E-state index contributed by atoms with van der Waals surface area (Å²) in [5, 5.41) is 0. The zero-order valence-electron chi connectivity index (χ0n) is 12.2. The predicted octanol–water partition coefficient (Wildman–Crippen LogP) is 2.99. The minimum atomic E-state index is -0.721. The summed E-state index contributed by atoms with van der Waals surface area (Å²) in [4.78, 5) is 0. The van der Waals surface area contributed by atoms with E-state index in [1.165, 1.54) is 6.07 Å². The van der Waals surface area contributed by atoms with Crippen LogP contribution in [-0.4, -0.2) is 14.2 Å². The van der Waals surface area contributed by atoms with Gasteiger partial charge in [0.05, 0.1) is 25.3 Å². The molecule has 0 aliphatic heterocycles. The van der Waals surface area contributed by atoms with Crippen LogP contribution in [0.1, 0.15) is 23.1 Å². The summed E-state index contributed by atoms with van der Waals surface area (Å²) in [6.45, 7) is 0. The largest absolute Gasteiger partial charge is 0.496 e. The highest BCUT2D eigenvalue weighted by Gasteiger charge is 2.41. The van der Waals surface area contributed by atoms with Crippen molar-refractivity contribution in [1.29, 1.82) is 0 Å². The number of nitrogens with two attached hydrogens (primary N) is 1. The Morgan fingerprint density at radius 1 is 1.10 bits per heavy atom. The van der Waals surface area contributed by atoms with Gasteiger partial charge in [-0.2, -0.15) is 0 Å². The molecule has 4 heteroatoms. The van der Waals surface area contributed by atoms with Crippen molar-refractivity contribution < 1.29 is 13.9 Å². The Morgan fingerprint density at radius 2 is 1.76 bits per heavy atom. The van der Waals surface area contributed by atoms with Gasteiger partial charge in [-0.3, -0.25) is 0 Å². The van der Waals surface area contributed by atoms with Gasteiger partial charge in [0.15, 0.2) is 0 Å². The van der Waals surface area contributed by atoms with Crippen LogP contribution in [0.3, 0.4) is 0 Å². The summed E-state index contributed by atoms with van der Waals surface area (Å²) < 4.78 is 24.4. The van der Waals surface area contributed by atoms with Gasteiger partial charge in [-0.25, -0.2) is 4.39 Å². The summed E-state index contributed by atoms with van der Waals surface area (Å²) in [6, 6.07) is 10.4. The molecule has 0 radical (unpaired) electrons. The summed E-state index contributed by atoms with van der Waals surface area (Å²) in [7, 11) is 3.23. The number of halogens is 1. The Bertz CT molecular complexity index is 664. The molecule has 2 aromatic carbocycles. The fourth-order valence-electron chi connectivity index (χ4n) is 3.22. The van der Waals surface area contributed by atoms with E-state index in [0.717, 1.165) is 23.1 Å². The quantitative estimate of drug-likeness (QED) is 0.944. The third-order valence-corrected chi connectivity index (χ3v) is 4.21. The minimum absolute atomic E-state index is 0.231. The molecule has 3 rings (SSSR count). The van der Waals surface area contributed by atoms with Gasteiger partial charge in [-0.15, -0.1) is 0 Å². The van der Waals surface area contributed by atoms with E-state index in [2.05, 4.69) is 0 Å². The number of benzene rings is 2. The van der Waals surface area contributed by atoms with E-state index in [9.17, 15) is 4.39 Å². The van der Waals surface area contributed by atoms with E-state index < -0.39 is 5.54 Å². The molecular formula is C17H18FNO2. The van der Waals surface area contributed by atoms with Gasteiger partial charge in [0.1, 0.15) is 17.3 Å². The van der Waals surface area contributed by atoms with Crippen molar-refractivity contribution in [3.63, 3.8) is 0 Å². The topological polar surface area (TPSA) is 44.5 Å². The Kier molecular flexibility index (Phi) is 3.33. The molecule has 1 unspecified atom stereocenters. The maximum Gasteiger partial charge on any atom is 0.127 e. The summed E-state index contributed by atoms with van der Waals surface area (Å²) in [6.07, 6.45) is 1.44. The lowest BCUT2D eigenvalue weighted by atomic mass is 9.84. The first-order chi connectivity index (χ1) is 10.1. The van der Waals surface area contributed by atoms with E-state index in [1.54, 1.807) is 26.4 Å². The zero-order valence-corrected chi connectivity index (χ0v) is 12.2. The van der Waals surface area contributed by atoms with E-state index in [1.807, 2.05) is 18.2 Å². The lowest BCUT2D eigenvalue weighted by Gasteiger charge is -2.29. The molecule has 2 N–H and O–H groups in total. The van der Waals surface area contributed by atoms with Crippen molar-refractivity contribution in [3.05, 3.63) is 58.9 Å². The first-order valence-corrected chi connectivity index (χ1v) is 6.89. The number of ether oxygens (including phenoxy) is 2. The fourth-order valence-corrected chi connectivity index (χ4v) is 3.22. The first kappa shape index (κ1) is 13.9. The fraction of sp³-hybridized carbons (Fsp3) is 0.294. The van der Waals surface area contributed by atoms with Crippen molar-refractivity contribution in [2.45, 2.75) is 18.4 Å². The number of methoxy groups -OCH3 is 2. The van der Waals surface area contributed by atoms with Crippen LogP contribution in [0.25, 0.3) is 0 Å². The van der Waals surface area contributed by atoms with E-state index in [4.69, 9.17) is 15.2 Å². The predicted molar refractivity (Wildman–Crippen MR) is 79.2 cm³/mol. The van der Waals surface area contributed by atoms with Crippen LogP contribution < -0.4 is 15.2 Å². The molecule has 1 atom stereocenters. The van der Waals surface area contributed by atoms with E-state index >= 15 is 0 Å². The molecular weight excluding hydrogens is 269 g/mol. The molecule has 21 heavy (non-hydrogen) atoms. The van der Waals surface area contributed by atoms with E-state index in [0.29, 0.717) is 17.9 Å². The Balaban J connectivity index is 2.22. The van der Waals surface area contributed by atoms with Crippen molar-refractivity contribution in [2.24, 2.45) is 5.73 Å². The molecule has 3 nitrogen and oxygen atoms in total. The maximum absolute atomic E-state index is 13.4. The molecule has 0 aromatic heterocycles. The molecule has 0 spiro atoms. The highest BCUT2D eigenvalue weighted by molar-refractivity contribution is 5.57. The van der Waals surface area contributed by atoms with Crippen molar-refractivity contribution >= 4 is 0 Å². The number of aryl methyl sites for hydroxylation is 1. The van der Waals surface area contributed by atoms with Crippen LogP contribution in [0.5, 0.6) is 11.5 Å². The third-order valence-electron chi connectivity index (χ3n) is 4.21. The second-order valence-corrected chi connectivity index (χ2v) is 5.31. The summed E-state index contributed by atoms with van der Waals surface area (Å²) in [5.41, 5.74) is 8.70. The van der Waals surface area contributed by atoms with Gasteiger partial charge in [0, 0.05) is 0 Å². The van der Waals surface area contributed by atoms with Crippen LogP contribution in [0.4, 0.5) is 4.39 Å². The smallest absolute Gasteiger partial charge is 0.127 e. The minimum Gasteiger partial charge on any atom is -0.496 e. The standard InChI is InChI=1S/C17H18FNO2/c1-20-14-4-3-5-15(21-2)16(14)17(19)9-8-11-10-12(18)6-7-13(11)17/h3-7,10H,8-9,19H2,1-2H3.